The minimum atomic E-state index is -0.949. The Morgan fingerprint density at radius 1 is 1.36 bits per heavy atom. The van der Waals surface area contributed by atoms with E-state index in [1.54, 1.807) is 0 Å². The van der Waals surface area contributed by atoms with Gasteiger partial charge in [0.1, 0.15) is 0 Å². The molecule has 0 aromatic heterocycles. The van der Waals surface area contributed by atoms with E-state index in [1.165, 1.54) is 0 Å². The van der Waals surface area contributed by atoms with Crippen molar-refractivity contribution in [2.24, 2.45) is 11.8 Å². The highest BCUT2D eigenvalue weighted by atomic mass is 32.1. The Labute approximate surface area is 88.7 Å². The summed E-state index contributed by atoms with van der Waals surface area (Å²) in [6, 6.07) is 0. The smallest absolute Gasteiger partial charge is 0.306 e. The molecule has 0 saturated heterocycles. The van der Waals surface area contributed by atoms with Crippen LogP contribution in [0.3, 0.4) is 0 Å². The zero-order valence-electron chi connectivity index (χ0n) is 8.14. The Hall–Kier alpha value is -0.710. The number of carboxylic acid groups (broad SMARTS) is 2. The van der Waals surface area contributed by atoms with Gasteiger partial charge in [-0.05, 0) is 24.5 Å². The third kappa shape index (κ3) is 5.85. The van der Waals surface area contributed by atoms with Crippen molar-refractivity contribution in [3.63, 3.8) is 0 Å². The summed E-state index contributed by atoms with van der Waals surface area (Å²) in [5.74, 6) is -1.60. The molecule has 0 aliphatic carbocycles. The molecule has 2 N–H and O–H groups in total. The predicted octanol–water partition coefficient (Wildman–Crippen LogP) is 1.51. The lowest BCUT2D eigenvalue weighted by Crippen LogP contribution is -2.18. The molecule has 82 valence electrons. The molecule has 2 atom stereocenters. The van der Waals surface area contributed by atoms with Crippen molar-refractivity contribution in [3.8, 4) is 0 Å². The number of hydrogen-bond donors (Lipinski definition) is 3. The second-order valence-electron chi connectivity index (χ2n) is 3.49. The zero-order chi connectivity index (χ0) is 11.1. The van der Waals surface area contributed by atoms with Crippen molar-refractivity contribution in [1.82, 2.24) is 0 Å². The molecule has 5 heteroatoms. The Morgan fingerprint density at radius 2 is 1.93 bits per heavy atom. The van der Waals surface area contributed by atoms with Crippen LogP contribution in [0.4, 0.5) is 0 Å². The summed E-state index contributed by atoms with van der Waals surface area (Å²) in [6.45, 7) is 1.91. The summed E-state index contributed by atoms with van der Waals surface area (Å²) in [5, 5.41) is 17.2. The van der Waals surface area contributed by atoms with Gasteiger partial charge in [-0.1, -0.05) is 6.92 Å². The fourth-order valence-corrected chi connectivity index (χ4v) is 1.35. The maximum absolute atomic E-state index is 10.7. The Morgan fingerprint density at radius 3 is 2.29 bits per heavy atom. The first-order valence-corrected chi connectivity index (χ1v) is 5.16. The van der Waals surface area contributed by atoms with Gasteiger partial charge in [-0.25, -0.2) is 0 Å². The molecule has 2 unspecified atom stereocenters. The van der Waals surface area contributed by atoms with Crippen molar-refractivity contribution in [1.29, 1.82) is 0 Å². The van der Waals surface area contributed by atoms with Crippen LogP contribution >= 0.6 is 12.6 Å². The molecular weight excluding hydrogens is 204 g/mol. The number of aliphatic carboxylic acids is 2. The van der Waals surface area contributed by atoms with E-state index in [0.29, 0.717) is 12.2 Å². The van der Waals surface area contributed by atoms with Crippen LogP contribution in [0.15, 0.2) is 0 Å². The summed E-state index contributed by atoms with van der Waals surface area (Å²) in [6.07, 6.45) is 0.602. The first-order chi connectivity index (χ1) is 6.47. The lowest BCUT2D eigenvalue weighted by Gasteiger charge is -2.14. The third-order valence-electron chi connectivity index (χ3n) is 2.05. The molecule has 0 spiro atoms. The van der Waals surface area contributed by atoms with E-state index in [2.05, 4.69) is 12.6 Å². The maximum Gasteiger partial charge on any atom is 0.306 e. The minimum absolute atomic E-state index is 0.0870. The molecule has 0 saturated carbocycles. The van der Waals surface area contributed by atoms with E-state index in [9.17, 15) is 9.59 Å². The molecule has 0 heterocycles. The molecule has 0 fully saturated rings. The number of thiol groups is 1. The maximum atomic E-state index is 10.7. The number of hydrogen-bond acceptors (Lipinski definition) is 3. The highest BCUT2D eigenvalue weighted by Crippen LogP contribution is 2.18. The van der Waals surface area contributed by atoms with Crippen LogP contribution in [0.2, 0.25) is 0 Å². The van der Waals surface area contributed by atoms with Crippen LogP contribution in [0.25, 0.3) is 0 Å². The molecule has 0 aliphatic heterocycles. The molecule has 4 nitrogen and oxygen atoms in total. The van der Waals surface area contributed by atoms with Crippen LogP contribution in [-0.2, 0) is 9.59 Å². The molecule has 0 rings (SSSR count). The van der Waals surface area contributed by atoms with Crippen molar-refractivity contribution >= 4 is 24.6 Å². The van der Waals surface area contributed by atoms with E-state index < -0.39 is 17.9 Å². The van der Waals surface area contributed by atoms with Gasteiger partial charge in [-0.2, -0.15) is 12.6 Å². The summed E-state index contributed by atoms with van der Waals surface area (Å²) < 4.78 is 0. The van der Waals surface area contributed by atoms with E-state index in [0.717, 1.165) is 0 Å². The van der Waals surface area contributed by atoms with Gasteiger partial charge in [0, 0.05) is 6.42 Å². The predicted molar refractivity (Wildman–Crippen MR) is 55.6 cm³/mol. The lowest BCUT2D eigenvalue weighted by atomic mass is 9.93. The van der Waals surface area contributed by atoms with Crippen molar-refractivity contribution in [2.45, 2.75) is 26.2 Å². The molecule has 14 heavy (non-hydrogen) atoms. The van der Waals surface area contributed by atoms with Gasteiger partial charge in [-0.3, -0.25) is 9.59 Å². The molecule has 0 bridgehead atoms. The van der Waals surface area contributed by atoms with Crippen LogP contribution in [-0.4, -0.2) is 27.9 Å². The first-order valence-electron chi connectivity index (χ1n) is 4.52. The monoisotopic (exact) mass is 220 g/mol. The molecule has 0 aromatic carbocycles. The van der Waals surface area contributed by atoms with E-state index in [-0.39, 0.29) is 18.8 Å². The SMILES string of the molecule is CC(CS)CC(CCC(=O)O)C(=O)O. The molecule has 0 radical (unpaired) electrons. The highest BCUT2D eigenvalue weighted by Gasteiger charge is 2.20. The van der Waals surface area contributed by atoms with E-state index in [4.69, 9.17) is 10.2 Å². The molecule has 0 aliphatic rings. The number of carboxylic acids is 2. The van der Waals surface area contributed by atoms with Crippen LogP contribution in [0.1, 0.15) is 26.2 Å². The van der Waals surface area contributed by atoms with E-state index in [1.807, 2.05) is 6.92 Å². The van der Waals surface area contributed by atoms with Crippen molar-refractivity contribution in [2.75, 3.05) is 5.75 Å². The number of carbonyl (C=O) groups is 2. The van der Waals surface area contributed by atoms with Crippen LogP contribution in [0, 0.1) is 11.8 Å². The van der Waals surface area contributed by atoms with Gasteiger partial charge in [0.15, 0.2) is 0 Å². The van der Waals surface area contributed by atoms with Gasteiger partial charge in [0.25, 0.3) is 0 Å². The van der Waals surface area contributed by atoms with Crippen molar-refractivity contribution < 1.29 is 19.8 Å². The van der Waals surface area contributed by atoms with Crippen molar-refractivity contribution in [3.05, 3.63) is 0 Å². The van der Waals surface area contributed by atoms with E-state index >= 15 is 0 Å². The summed E-state index contributed by atoms with van der Waals surface area (Å²) in [4.78, 5) is 21.0. The van der Waals surface area contributed by atoms with Gasteiger partial charge >= 0.3 is 11.9 Å². The molecule has 0 amide bonds. The van der Waals surface area contributed by atoms with Crippen LogP contribution < -0.4 is 0 Å². The second-order valence-corrected chi connectivity index (χ2v) is 3.86. The average molecular weight is 220 g/mol. The average Bonchev–Trinajstić information content (AvgIpc) is 2.10. The molecule has 0 aromatic rings. The summed E-state index contributed by atoms with van der Waals surface area (Å²) >= 11 is 4.06. The first kappa shape index (κ1) is 13.3. The minimum Gasteiger partial charge on any atom is -0.481 e. The Kier molecular flexibility index (Phi) is 6.36. The summed E-state index contributed by atoms with van der Waals surface area (Å²) in [7, 11) is 0. The van der Waals surface area contributed by atoms with Gasteiger partial charge in [-0.15, -0.1) is 0 Å². The highest BCUT2D eigenvalue weighted by molar-refractivity contribution is 7.80. The topological polar surface area (TPSA) is 74.6 Å². The summed E-state index contributed by atoms with van der Waals surface area (Å²) in [5.41, 5.74) is 0. The zero-order valence-corrected chi connectivity index (χ0v) is 9.04. The van der Waals surface area contributed by atoms with Gasteiger partial charge in [0.2, 0.25) is 0 Å². The fourth-order valence-electron chi connectivity index (χ4n) is 1.20. The Balaban J connectivity index is 4.02. The van der Waals surface area contributed by atoms with Crippen LogP contribution in [0.5, 0.6) is 0 Å². The fraction of sp³-hybridized carbons (Fsp3) is 0.778. The standard InChI is InChI=1S/C9H16O4S/c1-6(5-14)4-7(9(12)13)2-3-8(10)11/h6-7,14H,2-5H2,1H3,(H,10,11)(H,12,13). The second kappa shape index (κ2) is 6.70. The largest absolute Gasteiger partial charge is 0.481 e. The lowest BCUT2D eigenvalue weighted by molar-refractivity contribution is -0.143. The normalized spacial score (nSPS) is 14.7. The van der Waals surface area contributed by atoms with Gasteiger partial charge < -0.3 is 10.2 Å². The molecular formula is C9H16O4S. The van der Waals surface area contributed by atoms with Gasteiger partial charge in [0.05, 0.1) is 5.92 Å². The third-order valence-corrected chi connectivity index (χ3v) is 2.68. The Bertz CT molecular complexity index is 205. The quantitative estimate of drug-likeness (QED) is 0.568. The number of rotatable bonds is 7.